The Morgan fingerprint density at radius 2 is 2.16 bits per heavy atom. The molecule has 3 fully saturated rings. The van der Waals surface area contributed by atoms with Crippen molar-refractivity contribution in [3.8, 4) is 0 Å². The minimum Gasteiger partial charge on any atom is -0.376 e. The summed E-state index contributed by atoms with van der Waals surface area (Å²) in [4.78, 5) is 12.5. The van der Waals surface area contributed by atoms with Crippen LogP contribution in [-0.2, 0) is 9.53 Å². The second-order valence-electron chi connectivity index (χ2n) is 6.78. The molecule has 2 saturated heterocycles. The van der Waals surface area contributed by atoms with Crippen LogP contribution in [0.3, 0.4) is 0 Å². The smallest absolute Gasteiger partial charge is 0.237 e. The quantitative estimate of drug-likeness (QED) is 0.798. The van der Waals surface area contributed by atoms with Crippen LogP contribution in [0, 0.1) is 5.92 Å². The average molecular weight is 266 g/mol. The van der Waals surface area contributed by atoms with Gasteiger partial charge in [0.2, 0.25) is 5.91 Å². The lowest BCUT2D eigenvalue weighted by atomic mass is 9.85. The molecule has 4 heteroatoms. The summed E-state index contributed by atoms with van der Waals surface area (Å²) >= 11 is 0. The standard InChI is InChI=1S/C15H26N2O2/c1-10-15(2,7-8-19-10)17-14(18)13-9-11-5-3-4-6-12(11)16-13/h10-13,16H,3-9H2,1-2H3,(H,17,18). The Labute approximate surface area is 115 Å². The van der Waals surface area contributed by atoms with Crippen molar-refractivity contribution < 1.29 is 9.53 Å². The molecule has 4 nitrogen and oxygen atoms in total. The van der Waals surface area contributed by atoms with E-state index in [9.17, 15) is 4.79 Å². The molecule has 1 aliphatic carbocycles. The van der Waals surface area contributed by atoms with E-state index in [0.29, 0.717) is 6.04 Å². The van der Waals surface area contributed by atoms with Crippen LogP contribution in [0.25, 0.3) is 0 Å². The highest BCUT2D eigenvalue weighted by Crippen LogP contribution is 2.34. The van der Waals surface area contributed by atoms with E-state index in [2.05, 4.69) is 24.5 Å². The normalized spacial score (nSPS) is 46.0. The topological polar surface area (TPSA) is 50.4 Å². The van der Waals surface area contributed by atoms with Gasteiger partial charge >= 0.3 is 0 Å². The summed E-state index contributed by atoms with van der Waals surface area (Å²) in [6.45, 7) is 4.90. The second-order valence-corrected chi connectivity index (χ2v) is 6.78. The summed E-state index contributed by atoms with van der Waals surface area (Å²) in [5.41, 5.74) is -0.188. The maximum Gasteiger partial charge on any atom is 0.237 e. The van der Waals surface area contributed by atoms with Crippen molar-refractivity contribution in [3.63, 3.8) is 0 Å². The van der Waals surface area contributed by atoms with Gasteiger partial charge in [0.25, 0.3) is 0 Å². The van der Waals surface area contributed by atoms with Gasteiger partial charge in [0.15, 0.2) is 0 Å². The van der Waals surface area contributed by atoms with Crippen molar-refractivity contribution in [1.82, 2.24) is 10.6 Å². The van der Waals surface area contributed by atoms with Gasteiger partial charge in [-0.1, -0.05) is 12.8 Å². The fourth-order valence-electron chi connectivity index (χ4n) is 3.89. The van der Waals surface area contributed by atoms with Gasteiger partial charge < -0.3 is 15.4 Å². The Hall–Kier alpha value is -0.610. The molecule has 3 aliphatic rings. The average Bonchev–Trinajstić information content (AvgIpc) is 2.94. The highest BCUT2D eigenvalue weighted by molar-refractivity contribution is 5.83. The van der Waals surface area contributed by atoms with E-state index in [-0.39, 0.29) is 23.6 Å². The summed E-state index contributed by atoms with van der Waals surface area (Å²) in [5, 5.41) is 6.78. The summed E-state index contributed by atoms with van der Waals surface area (Å²) < 4.78 is 5.59. The molecule has 5 unspecified atom stereocenters. The first-order valence-electron chi connectivity index (χ1n) is 7.78. The molecule has 0 aromatic carbocycles. The molecule has 19 heavy (non-hydrogen) atoms. The summed E-state index contributed by atoms with van der Waals surface area (Å²) in [7, 11) is 0. The predicted octanol–water partition coefficient (Wildman–Crippen LogP) is 1.59. The number of nitrogens with one attached hydrogen (secondary N) is 2. The fourth-order valence-corrected chi connectivity index (χ4v) is 3.89. The molecule has 2 heterocycles. The molecule has 1 saturated carbocycles. The maximum absolute atomic E-state index is 12.5. The Balaban J connectivity index is 1.59. The molecule has 0 radical (unpaired) electrons. The minimum absolute atomic E-state index is 0.0118. The molecule has 0 aromatic heterocycles. The molecule has 2 N–H and O–H groups in total. The lowest BCUT2D eigenvalue weighted by Crippen LogP contribution is -2.55. The van der Waals surface area contributed by atoms with E-state index < -0.39 is 0 Å². The third kappa shape index (κ3) is 2.52. The van der Waals surface area contributed by atoms with Crippen molar-refractivity contribution in [2.75, 3.05) is 6.61 Å². The third-order valence-corrected chi connectivity index (χ3v) is 5.47. The monoisotopic (exact) mass is 266 g/mol. The first-order chi connectivity index (χ1) is 9.08. The van der Waals surface area contributed by atoms with Crippen LogP contribution in [0.5, 0.6) is 0 Å². The van der Waals surface area contributed by atoms with Crippen LogP contribution in [0.4, 0.5) is 0 Å². The van der Waals surface area contributed by atoms with Gasteiger partial charge in [-0.15, -0.1) is 0 Å². The molecule has 3 rings (SSSR count). The summed E-state index contributed by atoms with van der Waals surface area (Å²) in [5.74, 6) is 0.892. The Morgan fingerprint density at radius 1 is 1.37 bits per heavy atom. The predicted molar refractivity (Wildman–Crippen MR) is 73.9 cm³/mol. The van der Waals surface area contributed by atoms with Crippen molar-refractivity contribution >= 4 is 5.91 Å². The molecule has 1 amide bonds. The van der Waals surface area contributed by atoms with E-state index in [0.717, 1.165) is 25.4 Å². The van der Waals surface area contributed by atoms with E-state index in [1.807, 2.05) is 0 Å². The Morgan fingerprint density at radius 3 is 2.84 bits per heavy atom. The zero-order valence-electron chi connectivity index (χ0n) is 12.1. The summed E-state index contributed by atoms with van der Waals surface area (Å²) in [6, 6.07) is 0.590. The van der Waals surface area contributed by atoms with Crippen LogP contribution < -0.4 is 10.6 Å². The second kappa shape index (κ2) is 5.06. The number of hydrogen-bond acceptors (Lipinski definition) is 3. The molecule has 5 atom stereocenters. The van der Waals surface area contributed by atoms with E-state index >= 15 is 0 Å². The first-order valence-corrected chi connectivity index (χ1v) is 7.78. The highest BCUT2D eigenvalue weighted by Gasteiger charge is 2.43. The minimum atomic E-state index is -0.188. The lowest BCUT2D eigenvalue weighted by molar-refractivity contribution is -0.125. The Bertz CT molecular complexity index is 346. The fraction of sp³-hybridized carbons (Fsp3) is 0.933. The van der Waals surface area contributed by atoms with E-state index in [1.54, 1.807) is 0 Å². The van der Waals surface area contributed by atoms with Gasteiger partial charge in [-0.3, -0.25) is 4.79 Å². The number of ether oxygens (including phenoxy) is 1. The molecule has 108 valence electrons. The van der Waals surface area contributed by atoms with Crippen molar-refractivity contribution in [1.29, 1.82) is 0 Å². The molecular weight excluding hydrogens is 240 g/mol. The number of amides is 1. The first kappa shape index (κ1) is 13.4. The van der Waals surface area contributed by atoms with Gasteiger partial charge in [-0.05, 0) is 45.4 Å². The van der Waals surface area contributed by atoms with E-state index in [4.69, 9.17) is 4.74 Å². The van der Waals surface area contributed by atoms with Gasteiger partial charge in [-0.25, -0.2) is 0 Å². The van der Waals surface area contributed by atoms with Gasteiger partial charge in [0.1, 0.15) is 0 Å². The molecule has 2 aliphatic heterocycles. The molecule has 0 spiro atoms. The molecule has 0 aromatic rings. The van der Waals surface area contributed by atoms with Crippen molar-refractivity contribution in [3.05, 3.63) is 0 Å². The Kier molecular flexibility index (Phi) is 3.56. The van der Waals surface area contributed by atoms with Gasteiger partial charge in [0, 0.05) is 12.6 Å². The maximum atomic E-state index is 12.5. The van der Waals surface area contributed by atoms with Crippen LogP contribution in [0.15, 0.2) is 0 Å². The number of fused-ring (bicyclic) bond motifs is 1. The van der Waals surface area contributed by atoms with Crippen molar-refractivity contribution in [2.24, 2.45) is 5.92 Å². The molecule has 0 bridgehead atoms. The van der Waals surface area contributed by atoms with Gasteiger partial charge in [-0.2, -0.15) is 0 Å². The number of carbonyl (C=O) groups excluding carboxylic acids is 1. The molecular formula is C15H26N2O2. The SMILES string of the molecule is CC1OCCC1(C)NC(=O)C1CC2CCCCC2N1. The van der Waals surface area contributed by atoms with Crippen molar-refractivity contribution in [2.45, 2.75) is 76.1 Å². The number of carbonyl (C=O) groups is 1. The van der Waals surface area contributed by atoms with Crippen LogP contribution in [0.2, 0.25) is 0 Å². The zero-order chi connectivity index (χ0) is 13.5. The third-order valence-electron chi connectivity index (χ3n) is 5.47. The zero-order valence-corrected chi connectivity index (χ0v) is 12.1. The number of rotatable bonds is 2. The highest BCUT2D eigenvalue weighted by atomic mass is 16.5. The van der Waals surface area contributed by atoms with Crippen LogP contribution in [0.1, 0.15) is 52.4 Å². The number of hydrogen-bond donors (Lipinski definition) is 2. The van der Waals surface area contributed by atoms with E-state index in [1.165, 1.54) is 25.7 Å². The van der Waals surface area contributed by atoms with Crippen LogP contribution >= 0.6 is 0 Å². The van der Waals surface area contributed by atoms with Gasteiger partial charge in [0.05, 0.1) is 17.7 Å². The summed E-state index contributed by atoms with van der Waals surface area (Å²) in [6.07, 6.45) is 7.22. The van der Waals surface area contributed by atoms with Crippen LogP contribution in [-0.4, -0.2) is 36.2 Å². The largest absolute Gasteiger partial charge is 0.376 e. The lowest BCUT2D eigenvalue weighted by Gasteiger charge is -2.30.